The molecule has 0 aliphatic carbocycles. The molecular weight excluding hydrogens is 282 g/mol. The molecule has 0 amide bonds. The molecule has 0 bridgehead atoms. The zero-order valence-corrected chi connectivity index (χ0v) is 12.8. The third kappa shape index (κ3) is 2.69. The summed E-state index contributed by atoms with van der Waals surface area (Å²) < 4.78 is 12.6. The van der Waals surface area contributed by atoms with Gasteiger partial charge in [-0.3, -0.25) is 4.21 Å². The van der Waals surface area contributed by atoms with Crippen LogP contribution in [0.3, 0.4) is 0 Å². The SMILES string of the molecule is Cc1cccc(C)c1CS(=O)c1nc2ccc(N)cc2[nH]1. The molecule has 21 heavy (non-hydrogen) atoms. The standard InChI is InChI=1S/C16H17N3OS/c1-10-4-3-5-11(2)13(10)9-21(20)16-18-14-7-6-12(17)8-15(14)19-16/h3-8H,9,17H2,1-2H3,(H,18,19). The molecule has 0 spiro atoms. The minimum absolute atomic E-state index is 0.466. The molecule has 3 rings (SSSR count). The minimum atomic E-state index is -1.20. The van der Waals surface area contributed by atoms with Gasteiger partial charge in [-0.1, -0.05) is 18.2 Å². The molecule has 5 heteroatoms. The molecule has 0 aliphatic rings. The molecule has 1 aromatic heterocycles. The number of nitrogens with zero attached hydrogens (tertiary/aromatic N) is 1. The third-order valence-electron chi connectivity index (χ3n) is 3.62. The van der Waals surface area contributed by atoms with Gasteiger partial charge in [0.2, 0.25) is 0 Å². The average Bonchev–Trinajstić information content (AvgIpc) is 2.86. The number of aryl methyl sites for hydroxylation is 2. The van der Waals surface area contributed by atoms with Crippen molar-refractivity contribution < 1.29 is 4.21 Å². The number of hydrogen-bond acceptors (Lipinski definition) is 3. The van der Waals surface area contributed by atoms with Crippen molar-refractivity contribution >= 4 is 27.5 Å². The van der Waals surface area contributed by atoms with Gasteiger partial charge in [-0.25, -0.2) is 4.98 Å². The quantitative estimate of drug-likeness (QED) is 0.730. The Morgan fingerprint density at radius 3 is 2.62 bits per heavy atom. The average molecular weight is 299 g/mol. The Morgan fingerprint density at radius 1 is 1.19 bits per heavy atom. The fourth-order valence-electron chi connectivity index (χ4n) is 2.39. The summed E-state index contributed by atoms with van der Waals surface area (Å²) >= 11 is 0. The molecule has 3 aromatic rings. The Morgan fingerprint density at radius 2 is 1.90 bits per heavy atom. The summed E-state index contributed by atoms with van der Waals surface area (Å²) in [5.41, 5.74) is 11.5. The number of nitrogens with one attached hydrogen (secondary N) is 1. The molecule has 0 fully saturated rings. The summed E-state index contributed by atoms with van der Waals surface area (Å²) in [6, 6.07) is 11.5. The second-order valence-electron chi connectivity index (χ2n) is 5.18. The summed E-state index contributed by atoms with van der Waals surface area (Å²) in [4.78, 5) is 7.50. The molecule has 0 saturated heterocycles. The Balaban J connectivity index is 1.94. The Labute approximate surface area is 125 Å². The van der Waals surface area contributed by atoms with Gasteiger partial charge in [0.25, 0.3) is 0 Å². The van der Waals surface area contributed by atoms with E-state index in [1.54, 1.807) is 6.07 Å². The first-order valence-corrected chi connectivity index (χ1v) is 8.05. The molecule has 2 aromatic carbocycles. The first-order chi connectivity index (χ1) is 10.0. The molecule has 0 aliphatic heterocycles. The molecule has 3 N–H and O–H groups in total. The second-order valence-corrected chi connectivity index (χ2v) is 6.55. The van der Waals surface area contributed by atoms with E-state index in [0.717, 1.165) is 27.7 Å². The van der Waals surface area contributed by atoms with E-state index in [2.05, 4.69) is 9.97 Å². The predicted octanol–water partition coefficient (Wildman–Crippen LogP) is 3.07. The van der Waals surface area contributed by atoms with Crippen LogP contribution < -0.4 is 5.73 Å². The maximum atomic E-state index is 12.6. The summed E-state index contributed by atoms with van der Waals surface area (Å²) in [6.45, 7) is 4.08. The summed E-state index contributed by atoms with van der Waals surface area (Å²) in [7, 11) is -1.20. The van der Waals surface area contributed by atoms with Crippen molar-refractivity contribution in [2.45, 2.75) is 24.8 Å². The van der Waals surface area contributed by atoms with Crippen LogP contribution in [0.1, 0.15) is 16.7 Å². The van der Waals surface area contributed by atoms with Crippen molar-refractivity contribution in [1.82, 2.24) is 9.97 Å². The van der Waals surface area contributed by atoms with Crippen LogP contribution in [0.4, 0.5) is 5.69 Å². The topological polar surface area (TPSA) is 71.8 Å². The highest BCUT2D eigenvalue weighted by Crippen LogP contribution is 2.20. The van der Waals surface area contributed by atoms with E-state index in [1.165, 1.54) is 0 Å². The second kappa shape index (κ2) is 5.33. The van der Waals surface area contributed by atoms with Crippen molar-refractivity contribution in [3.8, 4) is 0 Å². The molecule has 1 atom stereocenters. The first kappa shape index (κ1) is 13.8. The zero-order valence-electron chi connectivity index (χ0n) is 12.0. The van der Waals surface area contributed by atoms with Gasteiger partial charge in [0.05, 0.1) is 27.6 Å². The molecule has 108 valence electrons. The fraction of sp³-hybridized carbons (Fsp3) is 0.188. The highest BCUT2D eigenvalue weighted by molar-refractivity contribution is 7.84. The lowest BCUT2D eigenvalue weighted by atomic mass is 10.1. The van der Waals surface area contributed by atoms with Crippen molar-refractivity contribution in [1.29, 1.82) is 0 Å². The number of anilines is 1. The number of nitrogens with two attached hydrogens (primary N) is 1. The number of benzene rings is 2. The van der Waals surface area contributed by atoms with Crippen molar-refractivity contribution in [3.63, 3.8) is 0 Å². The normalized spacial score (nSPS) is 12.7. The number of imidazole rings is 1. The van der Waals surface area contributed by atoms with Gasteiger partial charge in [-0.15, -0.1) is 0 Å². The maximum absolute atomic E-state index is 12.6. The van der Waals surface area contributed by atoms with Crippen molar-refractivity contribution in [3.05, 3.63) is 53.1 Å². The summed E-state index contributed by atoms with van der Waals surface area (Å²) in [5, 5.41) is 0.498. The third-order valence-corrected chi connectivity index (χ3v) is 4.80. The number of fused-ring (bicyclic) bond motifs is 1. The number of aromatic nitrogens is 2. The zero-order chi connectivity index (χ0) is 15.0. The molecule has 0 saturated carbocycles. The maximum Gasteiger partial charge on any atom is 0.197 e. The van der Waals surface area contributed by atoms with Gasteiger partial charge in [-0.2, -0.15) is 0 Å². The van der Waals surface area contributed by atoms with Crippen LogP contribution in [0.2, 0.25) is 0 Å². The van der Waals surface area contributed by atoms with Gasteiger partial charge < -0.3 is 10.7 Å². The number of nitrogen functional groups attached to an aromatic ring is 1. The monoisotopic (exact) mass is 299 g/mol. The highest BCUT2D eigenvalue weighted by atomic mass is 32.2. The van der Waals surface area contributed by atoms with E-state index in [-0.39, 0.29) is 0 Å². The molecule has 0 radical (unpaired) electrons. The van der Waals surface area contributed by atoms with Crippen LogP contribution in [0.25, 0.3) is 11.0 Å². The molecule has 1 unspecified atom stereocenters. The lowest BCUT2D eigenvalue weighted by molar-refractivity contribution is 0.677. The van der Waals surface area contributed by atoms with Crippen LogP contribution in [-0.2, 0) is 16.6 Å². The van der Waals surface area contributed by atoms with Crippen LogP contribution >= 0.6 is 0 Å². The van der Waals surface area contributed by atoms with E-state index >= 15 is 0 Å². The Bertz CT molecular complexity index is 818. The Hall–Kier alpha value is -2.14. The van der Waals surface area contributed by atoms with Gasteiger partial charge in [0, 0.05) is 5.69 Å². The van der Waals surface area contributed by atoms with Crippen LogP contribution in [-0.4, -0.2) is 14.2 Å². The number of hydrogen-bond donors (Lipinski definition) is 2. The van der Waals surface area contributed by atoms with E-state index < -0.39 is 10.8 Å². The van der Waals surface area contributed by atoms with Crippen LogP contribution in [0.5, 0.6) is 0 Å². The van der Waals surface area contributed by atoms with Gasteiger partial charge in [0.15, 0.2) is 5.16 Å². The van der Waals surface area contributed by atoms with Gasteiger partial charge in [0.1, 0.15) is 0 Å². The minimum Gasteiger partial charge on any atom is -0.399 e. The summed E-state index contributed by atoms with van der Waals surface area (Å²) in [6.07, 6.45) is 0. The number of aromatic amines is 1. The van der Waals surface area contributed by atoms with Crippen LogP contribution in [0.15, 0.2) is 41.6 Å². The van der Waals surface area contributed by atoms with Gasteiger partial charge in [-0.05, 0) is 48.7 Å². The first-order valence-electron chi connectivity index (χ1n) is 6.73. The fourth-order valence-corrected chi connectivity index (χ4v) is 3.67. The lowest BCUT2D eigenvalue weighted by Gasteiger charge is -2.08. The highest BCUT2D eigenvalue weighted by Gasteiger charge is 2.13. The molecular formula is C16H17N3OS. The molecule has 4 nitrogen and oxygen atoms in total. The van der Waals surface area contributed by atoms with Crippen molar-refractivity contribution in [2.75, 3.05) is 5.73 Å². The molecule has 1 heterocycles. The lowest BCUT2D eigenvalue weighted by Crippen LogP contribution is -2.02. The van der Waals surface area contributed by atoms with Crippen molar-refractivity contribution in [2.24, 2.45) is 0 Å². The smallest absolute Gasteiger partial charge is 0.197 e. The largest absolute Gasteiger partial charge is 0.399 e. The number of rotatable bonds is 3. The Kier molecular flexibility index (Phi) is 3.51. The van der Waals surface area contributed by atoms with E-state index in [0.29, 0.717) is 16.6 Å². The summed E-state index contributed by atoms with van der Waals surface area (Å²) in [5.74, 6) is 0.466. The van der Waals surface area contributed by atoms with E-state index in [9.17, 15) is 4.21 Å². The van der Waals surface area contributed by atoms with Crippen LogP contribution in [0, 0.1) is 13.8 Å². The van der Waals surface area contributed by atoms with E-state index in [4.69, 9.17) is 5.73 Å². The number of H-pyrrole nitrogens is 1. The van der Waals surface area contributed by atoms with E-state index in [1.807, 2.05) is 44.2 Å². The predicted molar refractivity (Wildman–Crippen MR) is 86.5 cm³/mol. The van der Waals surface area contributed by atoms with Gasteiger partial charge >= 0.3 is 0 Å².